The maximum atomic E-state index is 11.7. The highest BCUT2D eigenvalue weighted by Crippen LogP contribution is 2.19. The standard InChI is InChI=1S/C17H23N3O2/c1-12(2)11-22-15-7-5-13(6-8-15)17-19-14(4-3-9-18)10-16(21)20-17/h5-8,10,12H,3-4,9,11,18H2,1-2H3,(H,19,20,21). The molecule has 0 aliphatic carbocycles. The van der Waals surface area contributed by atoms with Crippen LogP contribution in [0.25, 0.3) is 11.4 Å². The van der Waals surface area contributed by atoms with E-state index in [1.807, 2.05) is 24.3 Å². The number of nitrogens with two attached hydrogens (primary N) is 1. The second-order valence-corrected chi connectivity index (χ2v) is 5.71. The highest BCUT2D eigenvalue weighted by molar-refractivity contribution is 5.56. The van der Waals surface area contributed by atoms with Gasteiger partial charge in [0.2, 0.25) is 0 Å². The zero-order valence-electron chi connectivity index (χ0n) is 13.1. The van der Waals surface area contributed by atoms with Crippen molar-refractivity contribution in [3.63, 3.8) is 0 Å². The van der Waals surface area contributed by atoms with E-state index >= 15 is 0 Å². The highest BCUT2D eigenvalue weighted by Gasteiger charge is 2.05. The Morgan fingerprint density at radius 3 is 2.64 bits per heavy atom. The van der Waals surface area contributed by atoms with Crippen LogP contribution in [0.1, 0.15) is 26.0 Å². The average Bonchev–Trinajstić information content (AvgIpc) is 2.51. The van der Waals surface area contributed by atoms with Gasteiger partial charge in [0.1, 0.15) is 11.6 Å². The van der Waals surface area contributed by atoms with Gasteiger partial charge in [-0.25, -0.2) is 4.98 Å². The van der Waals surface area contributed by atoms with Gasteiger partial charge in [0.15, 0.2) is 0 Å². The van der Waals surface area contributed by atoms with E-state index in [1.165, 1.54) is 6.07 Å². The Hall–Kier alpha value is -2.14. The lowest BCUT2D eigenvalue weighted by molar-refractivity contribution is 0.271. The number of rotatable bonds is 7. The van der Waals surface area contributed by atoms with E-state index in [1.54, 1.807) is 0 Å². The molecule has 0 saturated heterocycles. The first kappa shape index (κ1) is 16.2. The molecule has 2 rings (SSSR count). The van der Waals surface area contributed by atoms with Crippen molar-refractivity contribution in [1.29, 1.82) is 0 Å². The maximum Gasteiger partial charge on any atom is 0.251 e. The molecule has 0 bridgehead atoms. The molecule has 0 unspecified atom stereocenters. The Morgan fingerprint density at radius 2 is 2.00 bits per heavy atom. The lowest BCUT2D eigenvalue weighted by Gasteiger charge is -2.09. The van der Waals surface area contributed by atoms with Crippen molar-refractivity contribution in [2.75, 3.05) is 13.2 Å². The Morgan fingerprint density at radius 1 is 1.27 bits per heavy atom. The summed E-state index contributed by atoms with van der Waals surface area (Å²) in [6, 6.07) is 9.12. The van der Waals surface area contributed by atoms with Crippen molar-refractivity contribution in [2.24, 2.45) is 11.7 Å². The van der Waals surface area contributed by atoms with E-state index < -0.39 is 0 Å². The van der Waals surface area contributed by atoms with E-state index in [4.69, 9.17) is 10.5 Å². The van der Waals surface area contributed by atoms with Gasteiger partial charge in [0, 0.05) is 17.3 Å². The molecule has 0 fully saturated rings. The zero-order chi connectivity index (χ0) is 15.9. The van der Waals surface area contributed by atoms with Crippen molar-refractivity contribution >= 4 is 0 Å². The molecule has 0 radical (unpaired) electrons. The number of nitrogens with zero attached hydrogens (tertiary/aromatic N) is 1. The summed E-state index contributed by atoms with van der Waals surface area (Å²) in [7, 11) is 0. The largest absolute Gasteiger partial charge is 0.493 e. The third kappa shape index (κ3) is 4.70. The van der Waals surface area contributed by atoms with Crippen molar-refractivity contribution < 1.29 is 4.74 Å². The molecule has 3 N–H and O–H groups in total. The quantitative estimate of drug-likeness (QED) is 0.822. The molecular formula is C17H23N3O2. The van der Waals surface area contributed by atoms with Crippen LogP contribution < -0.4 is 16.0 Å². The first-order valence-electron chi connectivity index (χ1n) is 7.62. The summed E-state index contributed by atoms with van der Waals surface area (Å²) in [5.74, 6) is 1.88. The van der Waals surface area contributed by atoms with Crippen LogP contribution in [0.4, 0.5) is 0 Å². The van der Waals surface area contributed by atoms with E-state index in [9.17, 15) is 4.79 Å². The molecule has 0 aliphatic rings. The molecule has 0 amide bonds. The summed E-state index contributed by atoms with van der Waals surface area (Å²) < 4.78 is 5.65. The molecule has 5 nitrogen and oxygen atoms in total. The van der Waals surface area contributed by atoms with Gasteiger partial charge in [-0.15, -0.1) is 0 Å². The topological polar surface area (TPSA) is 81.0 Å². The number of benzene rings is 1. The number of hydrogen-bond donors (Lipinski definition) is 2. The fourth-order valence-electron chi connectivity index (χ4n) is 2.03. The zero-order valence-corrected chi connectivity index (χ0v) is 13.1. The lowest BCUT2D eigenvalue weighted by Crippen LogP contribution is -2.11. The molecule has 0 atom stereocenters. The Balaban J connectivity index is 2.17. The molecule has 5 heteroatoms. The minimum Gasteiger partial charge on any atom is -0.493 e. The third-order valence-electron chi connectivity index (χ3n) is 3.14. The third-order valence-corrected chi connectivity index (χ3v) is 3.14. The highest BCUT2D eigenvalue weighted by atomic mass is 16.5. The van der Waals surface area contributed by atoms with Crippen LogP contribution in [0.3, 0.4) is 0 Å². The van der Waals surface area contributed by atoms with Gasteiger partial charge in [-0.1, -0.05) is 13.8 Å². The summed E-state index contributed by atoms with van der Waals surface area (Å²) in [6.45, 7) is 5.49. The molecule has 22 heavy (non-hydrogen) atoms. The van der Waals surface area contributed by atoms with Gasteiger partial charge < -0.3 is 15.5 Å². The SMILES string of the molecule is CC(C)COc1ccc(-c2nc(CCCN)cc(=O)[nH]2)cc1. The fraction of sp³-hybridized carbons (Fsp3) is 0.412. The molecule has 1 heterocycles. The molecular weight excluding hydrogens is 278 g/mol. The fourth-order valence-corrected chi connectivity index (χ4v) is 2.03. The summed E-state index contributed by atoms with van der Waals surface area (Å²) in [5.41, 5.74) is 6.99. The first-order chi connectivity index (χ1) is 10.6. The Kier molecular flexibility index (Phi) is 5.72. The second kappa shape index (κ2) is 7.75. The van der Waals surface area contributed by atoms with Crippen molar-refractivity contribution in [2.45, 2.75) is 26.7 Å². The molecule has 2 aromatic rings. The van der Waals surface area contributed by atoms with Gasteiger partial charge in [0.05, 0.1) is 6.61 Å². The normalized spacial score (nSPS) is 10.9. The summed E-state index contributed by atoms with van der Waals surface area (Å²) in [5, 5.41) is 0. The minimum absolute atomic E-state index is 0.142. The monoisotopic (exact) mass is 301 g/mol. The Bertz CT molecular complexity index is 648. The van der Waals surface area contributed by atoms with Gasteiger partial charge in [0.25, 0.3) is 5.56 Å². The van der Waals surface area contributed by atoms with Gasteiger partial charge in [-0.3, -0.25) is 4.79 Å². The smallest absolute Gasteiger partial charge is 0.251 e. The van der Waals surface area contributed by atoms with Crippen LogP contribution in [0, 0.1) is 5.92 Å². The molecule has 1 aromatic carbocycles. The van der Waals surface area contributed by atoms with Crippen LogP contribution in [0.15, 0.2) is 35.1 Å². The van der Waals surface area contributed by atoms with Crippen LogP contribution >= 0.6 is 0 Å². The average molecular weight is 301 g/mol. The number of aromatic nitrogens is 2. The number of hydrogen-bond acceptors (Lipinski definition) is 4. The molecule has 1 aromatic heterocycles. The lowest BCUT2D eigenvalue weighted by atomic mass is 10.2. The van der Waals surface area contributed by atoms with E-state index in [0.29, 0.717) is 31.3 Å². The molecule has 0 spiro atoms. The first-order valence-corrected chi connectivity index (χ1v) is 7.62. The Labute approximate surface area is 130 Å². The van der Waals surface area contributed by atoms with Crippen LogP contribution in [0.2, 0.25) is 0 Å². The number of H-pyrrole nitrogens is 1. The number of ether oxygens (including phenoxy) is 1. The maximum absolute atomic E-state index is 11.7. The predicted molar refractivity (Wildman–Crippen MR) is 88.0 cm³/mol. The van der Waals surface area contributed by atoms with Crippen LogP contribution in [-0.2, 0) is 6.42 Å². The summed E-state index contributed by atoms with van der Waals surface area (Å²) in [4.78, 5) is 19.0. The van der Waals surface area contributed by atoms with Crippen molar-refractivity contribution in [3.05, 3.63) is 46.4 Å². The van der Waals surface area contributed by atoms with E-state index in [-0.39, 0.29) is 5.56 Å². The summed E-state index contributed by atoms with van der Waals surface area (Å²) >= 11 is 0. The molecule has 118 valence electrons. The van der Waals surface area contributed by atoms with Crippen molar-refractivity contribution in [1.82, 2.24) is 9.97 Å². The summed E-state index contributed by atoms with van der Waals surface area (Å²) in [6.07, 6.45) is 1.53. The second-order valence-electron chi connectivity index (χ2n) is 5.71. The minimum atomic E-state index is -0.142. The van der Waals surface area contributed by atoms with Crippen molar-refractivity contribution in [3.8, 4) is 17.1 Å². The number of aryl methyl sites for hydroxylation is 1. The van der Waals surface area contributed by atoms with Crippen LogP contribution in [-0.4, -0.2) is 23.1 Å². The van der Waals surface area contributed by atoms with E-state index in [2.05, 4.69) is 23.8 Å². The molecule has 0 saturated carbocycles. The number of aromatic amines is 1. The van der Waals surface area contributed by atoms with Gasteiger partial charge >= 0.3 is 0 Å². The number of nitrogens with one attached hydrogen (secondary N) is 1. The predicted octanol–water partition coefficient (Wildman–Crippen LogP) is 2.36. The van der Waals surface area contributed by atoms with Gasteiger partial charge in [-0.2, -0.15) is 0 Å². The van der Waals surface area contributed by atoms with Crippen LogP contribution in [0.5, 0.6) is 5.75 Å². The molecule has 0 aliphatic heterocycles. The van der Waals surface area contributed by atoms with E-state index in [0.717, 1.165) is 23.4 Å². The van der Waals surface area contributed by atoms with Gasteiger partial charge in [-0.05, 0) is 49.6 Å².